The molecular formula is C10H13F2NO. The van der Waals surface area contributed by atoms with E-state index in [9.17, 15) is 13.9 Å². The van der Waals surface area contributed by atoms with Gasteiger partial charge in [0.25, 0.3) is 0 Å². The fourth-order valence-corrected chi connectivity index (χ4v) is 1.33. The van der Waals surface area contributed by atoms with Crippen molar-refractivity contribution < 1.29 is 13.9 Å². The molecular weight excluding hydrogens is 188 g/mol. The van der Waals surface area contributed by atoms with Crippen molar-refractivity contribution in [1.29, 1.82) is 0 Å². The second-order valence-corrected chi connectivity index (χ2v) is 3.24. The highest BCUT2D eigenvalue weighted by atomic mass is 19.1. The summed E-state index contributed by atoms with van der Waals surface area (Å²) in [5.41, 5.74) is 5.39. The van der Waals surface area contributed by atoms with E-state index in [-0.39, 0.29) is 18.5 Å². The van der Waals surface area contributed by atoms with Crippen LogP contribution in [0.2, 0.25) is 0 Å². The Balaban J connectivity index is 3.07. The molecule has 0 unspecified atom stereocenters. The van der Waals surface area contributed by atoms with Gasteiger partial charge in [0.2, 0.25) is 0 Å². The van der Waals surface area contributed by atoms with Crippen LogP contribution in [0.1, 0.15) is 23.7 Å². The largest absolute Gasteiger partial charge is 0.388 e. The lowest BCUT2D eigenvalue weighted by Gasteiger charge is -2.12. The van der Waals surface area contributed by atoms with Gasteiger partial charge in [-0.25, -0.2) is 8.78 Å². The first kappa shape index (κ1) is 11.1. The monoisotopic (exact) mass is 201 g/mol. The van der Waals surface area contributed by atoms with Crippen molar-refractivity contribution in [3.8, 4) is 0 Å². The summed E-state index contributed by atoms with van der Waals surface area (Å²) in [6.07, 6.45) is -1.02. The van der Waals surface area contributed by atoms with E-state index in [4.69, 9.17) is 5.73 Å². The molecule has 0 spiro atoms. The number of hydrogen-bond donors (Lipinski definition) is 2. The Morgan fingerprint density at radius 3 is 2.29 bits per heavy atom. The second kappa shape index (κ2) is 4.48. The fourth-order valence-electron chi connectivity index (χ4n) is 1.33. The third kappa shape index (κ3) is 2.27. The van der Waals surface area contributed by atoms with Crippen LogP contribution in [0.25, 0.3) is 0 Å². The number of halogens is 2. The van der Waals surface area contributed by atoms with Gasteiger partial charge in [0.05, 0.1) is 11.7 Å². The Kier molecular flexibility index (Phi) is 3.55. The summed E-state index contributed by atoms with van der Waals surface area (Å²) in [6.45, 7) is 1.78. The number of aliphatic hydroxyl groups excluding tert-OH is 1. The average molecular weight is 201 g/mol. The van der Waals surface area contributed by atoms with Crippen LogP contribution >= 0.6 is 0 Å². The molecule has 0 fully saturated rings. The maximum absolute atomic E-state index is 13.2. The van der Waals surface area contributed by atoms with Crippen molar-refractivity contribution in [1.82, 2.24) is 0 Å². The van der Waals surface area contributed by atoms with Gasteiger partial charge in [0.15, 0.2) is 0 Å². The number of hydrogen-bond acceptors (Lipinski definition) is 2. The van der Waals surface area contributed by atoms with Crippen LogP contribution in [0.4, 0.5) is 8.78 Å². The van der Waals surface area contributed by atoms with Crippen molar-refractivity contribution in [3.63, 3.8) is 0 Å². The standard InChI is InChI=1S/C10H13F2NO/c1-6-4-7(11)10(8(12)5-6)9(14)2-3-13/h4-5,9,14H,2-3,13H2,1H3/t9-/m0/s1. The van der Waals surface area contributed by atoms with Crippen molar-refractivity contribution >= 4 is 0 Å². The van der Waals surface area contributed by atoms with Crippen LogP contribution in [0.5, 0.6) is 0 Å². The van der Waals surface area contributed by atoms with Gasteiger partial charge in [-0.3, -0.25) is 0 Å². The molecule has 0 bridgehead atoms. The normalized spacial score (nSPS) is 12.9. The van der Waals surface area contributed by atoms with E-state index in [1.807, 2.05) is 0 Å². The highest BCUT2D eigenvalue weighted by Gasteiger charge is 2.17. The van der Waals surface area contributed by atoms with Crippen LogP contribution in [0.3, 0.4) is 0 Å². The summed E-state index contributed by atoms with van der Waals surface area (Å²) in [7, 11) is 0. The molecule has 0 saturated carbocycles. The molecule has 1 atom stereocenters. The molecule has 0 radical (unpaired) electrons. The maximum atomic E-state index is 13.2. The average Bonchev–Trinajstić information content (AvgIpc) is 2.01. The lowest BCUT2D eigenvalue weighted by Crippen LogP contribution is -2.10. The predicted octanol–water partition coefficient (Wildman–Crippen LogP) is 1.66. The van der Waals surface area contributed by atoms with Crippen molar-refractivity contribution in [2.24, 2.45) is 5.73 Å². The van der Waals surface area contributed by atoms with Gasteiger partial charge in [-0.1, -0.05) is 0 Å². The predicted molar refractivity (Wildman–Crippen MR) is 49.7 cm³/mol. The van der Waals surface area contributed by atoms with Gasteiger partial charge in [-0.15, -0.1) is 0 Å². The summed E-state index contributed by atoms with van der Waals surface area (Å²) in [6, 6.07) is 2.39. The fraction of sp³-hybridized carbons (Fsp3) is 0.400. The Morgan fingerprint density at radius 2 is 1.86 bits per heavy atom. The highest BCUT2D eigenvalue weighted by molar-refractivity contribution is 5.27. The minimum Gasteiger partial charge on any atom is -0.388 e. The Hall–Kier alpha value is -1.00. The summed E-state index contributed by atoms with van der Waals surface area (Å²) < 4.78 is 26.5. The Bertz CT molecular complexity index is 305. The van der Waals surface area contributed by atoms with Gasteiger partial charge >= 0.3 is 0 Å². The first-order chi connectivity index (χ1) is 6.56. The van der Waals surface area contributed by atoms with E-state index in [2.05, 4.69) is 0 Å². The third-order valence-electron chi connectivity index (χ3n) is 2.00. The molecule has 2 nitrogen and oxygen atoms in total. The number of benzene rings is 1. The zero-order valence-corrected chi connectivity index (χ0v) is 7.93. The zero-order chi connectivity index (χ0) is 10.7. The van der Waals surface area contributed by atoms with E-state index in [1.165, 1.54) is 12.1 Å². The van der Waals surface area contributed by atoms with Crippen molar-refractivity contribution in [2.45, 2.75) is 19.4 Å². The molecule has 0 aromatic heterocycles. The van der Waals surface area contributed by atoms with E-state index in [1.54, 1.807) is 6.92 Å². The van der Waals surface area contributed by atoms with Crippen molar-refractivity contribution in [3.05, 3.63) is 34.9 Å². The molecule has 3 N–H and O–H groups in total. The van der Waals surface area contributed by atoms with E-state index >= 15 is 0 Å². The Labute approximate surface area is 81.4 Å². The quantitative estimate of drug-likeness (QED) is 0.781. The summed E-state index contributed by atoms with van der Waals surface area (Å²) in [4.78, 5) is 0. The smallest absolute Gasteiger partial charge is 0.132 e. The van der Waals surface area contributed by atoms with E-state index < -0.39 is 17.7 Å². The van der Waals surface area contributed by atoms with Crippen molar-refractivity contribution in [2.75, 3.05) is 6.54 Å². The summed E-state index contributed by atoms with van der Waals surface area (Å²) in [5, 5.41) is 9.41. The number of aryl methyl sites for hydroxylation is 1. The van der Waals surface area contributed by atoms with Crippen LogP contribution in [0, 0.1) is 18.6 Å². The van der Waals surface area contributed by atoms with E-state index in [0.29, 0.717) is 5.56 Å². The molecule has 4 heteroatoms. The summed E-state index contributed by atoms with van der Waals surface area (Å²) >= 11 is 0. The molecule has 0 aliphatic carbocycles. The minimum atomic E-state index is -1.17. The van der Waals surface area contributed by atoms with Gasteiger partial charge in [0.1, 0.15) is 11.6 Å². The number of aliphatic hydroxyl groups is 1. The van der Waals surface area contributed by atoms with Crippen LogP contribution < -0.4 is 5.73 Å². The third-order valence-corrected chi connectivity index (χ3v) is 2.00. The van der Waals surface area contributed by atoms with Gasteiger partial charge in [-0.2, -0.15) is 0 Å². The number of nitrogens with two attached hydrogens (primary N) is 1. The molecule has 0 saturated heterocycles. The van der Waals surface area contributed by atoms with E-state index in [0.717, 1.165) is 0 Å². The molecule has 0 heterocycles. The molecule has 0 aliphatic rings. The van der Waals surface area contributed by atoms with Crippen LogP contribution in [-0.4, -0.2) is 11.7 Å². The van der Waals surface area contributed by atoms with Gasteiger partial charge < -0.3 is 10.8 Å². The van der Waals surface area contributed by atoms with Crippen LogP contribution in [0.15, 0.2) is 12.1 Å². The molecule has 0 aliphatic heterocycles. The molecule has 14 heavy (non-hydrogen) atoms. The molecule has 1 aromatic rings. The maximum Gasteiger partial charge on any atom is 0.132 e. The number of rotatable bonds is 3. The first-order valence-corrected chi connectivity index (χ1v) is 4.40. The molecule has 0 amide bonds. The molecule has 78 valence electrons. The molecule has 1 rings (SSSR count). The Morgan fingerprint density at radius 1 is 1.36 bits per heavy atom. The molecule has 1 aromatic carbocycles. The SMILES string of the molecule is Cc1cc(F)c([C@@H](O)CCN)c(F)c1. The lowest BCUT2D eigenvalue weighted by molar-refractivity contribution is 0.160. The second-order valence-electron chi connectivity index (χ2n) is 3.24. The lowest BCUT2D eigenvalue weighted by atomic mass is 10.0. The van der Waals surface area contributed by atoms with Crippen LogP contribution in [-0.2, 0) is 0 Å². The first-order valence-electron chi connectivity index (χ1n) is 4.40. The van der Waals surface area contributed by atoms with Gasteiger partial charge in [-0.05, 0) is 37.6 Å². The zero-order valence-electron chi connectivity index (χ0n) is 7.93. The summed E-state index contributed by atoms with van der Waals surface area (Å²) in [5.74, 6) is -1.44. The van der Waals surface area contributed by atoms with Gasteiger partial charge in [0, 0.05) is 0 Å². The highest BCUT2D eigenvalue weighted by Crippen LogP contribution is 2.23. The minimum absolute atomic E-state index is 0.150. The topological polar surface area (TPSA) is 46.2 Å².